The van der Waals surface area contributed by atoms with Crippen LogP contribution in [0.2, 0.25) is 0 Å². The van der Waals surface area contributed by atoms with Gasteiger partial charge in [-0.25, -0.2) is 0 Å². The van der Waals surface area contributed by atoms with Gasteiger partial charge < -0.3 is 0 Å². The molecule has 0 saturated carbocycles. The number of aromatic nitrogens is 2. The molecule has 0 spiro atoms. The minimum Gasteiger partial charge on any atom is -0.254 e. The average molecular weight is 265 g/mol. The van der Waals surface area contributed by atoms with Crippen molar-refractivity contribution in [3.63, 3.8) is 0 Å². The van der Waals surface area contributed by atoms with Crippen LogP contribution in [0.5, 0.6) is 0 Å². The molecule has 0 amide bonds. The van der Waals surface area contributed by atoms with Gasteiger partial charge in [0, 0.05) is 27.6 Å². The fraction of sp³-hybridized carbons (Fsp3) is 0. The van der Waals surface area contributed by atoms with Crippen molar-refractivity contribution in [2.75, 3.05) is 0 Å². The van der Waals surface area contributed by atoms with E-state index in [1.54, 1.807) is 17.5 Å². The molecule has 0 aliphatic heterocycles. The van der Waals surface area contributed by atoms with Crippen molar-refractivity contribution in [2.45, 2.75) is 0 Å². The molecule has 14 heavy (non-hydrogen) atoms. The molecule has 4 heteroatoms. The minimum absolute atomic E-state index is 0.953. The predicted molar refractivity (Wildman–Crippen MR) is 62.6 cm³/mol. The molecule has 3 heterocycles. The van der Waals surface area contributed by atoms with Crippen molar-refractivity contribution in [1.29, 1.82) is 0 Å². The minimum atomic E-state index is 0.953. The Morgan fingerprint density at radius 3 is 3.14 bits per heavy atom. The van der Waals surface area contributed by atoms with Crippen molar-refractivity contribution < 1.29 is 0 Å². The van der Waals surface area contributed by atoms with Gasteiger partial charge in [0.15, 0.2) is 0 Å². The first-order valence-corrected chi connectivity index (χ1v) is 5.80. The van der Waals surface area contributed by atoms with Crippen molar-refractivity contribution in [3.05, 3.63) is 34.4 Å². The van der Waals surface area contributed by atoms with Crippen molar-refractivity contribution in [3.8, 4) is 0 Å². The van der Waals surface area contributed by atoms with Crippen LogP contribution in [0, 0.1) is 0 Å². The third-order valence-corrected chi connectivity index (χ3v) is 4.08. The smallest absolute Gasteiger partial charge is 0.106 e. The summed E-state index contributed by atoms with van der Waals surface area (Å²) in [6, 6.07) is 3.89. The summed E-state index contributed by atoms with van der Waals surface area (Å²) in [7, 11) is 0. The average Bonchev–Trinajstić information content (AvgIpc) is 2.61. The van der Waals surface area contributed by atoms with Crippen LogP contribution in [0.1, 0.15) is 0 Å². The fourth-order valence-electron chi connectivity index (χ4n) is 1.46. The molecule has 3 aromatic heterocycles. The van der Waals surface area contributed by atoms with E-state index in [1.807, 2.05) is 18.3 Å². The largest absolute Gasteiger partial charge is 0.254 e. The number of nitrogens with zero attached hydrogens (tertiary/aromatic N) is 2. The second kappa shape index (κ2) is 3.00. The third kappa shape index (κ3) is 1.07. The van der Waals surface area contributed by atoms with Gasteiger partial charge >= 0.3 is 0 Å². The molecule has 0 aliphatic rings. The third-order valence-electron chi connectivity index (χ3n) is 2.12. The van der Waals surface area contributed by atoms with Gasteiger partial charge in [-0.1, -0.05) is 0 Å². The van der Waals surface area contributed by atoms with Crippen molar-refractivity contribution in [1.82, 2.24) is 9.97 Å². The zero-order valence-corrected chi connectivity index (χ0v) is 9.47. The van der Waals surface area contributed by atoms with Crippen LogP contribution in [-0.2, 0) is 0 Å². The number of thiophene rings is 1. The van der Waals surface area contributed by atoms with Gasteiger partial charge in [-0.3, -0.25) is 9.97 Å². The van der Waals surface area contributed by atoms with E-state index in [4.69, 9.17) is 0 Å². The molecule has 0 aliphatic carbocycles. The van der Waals surface area contributed by atoms with Crippen molar-refractivity contribution >= 4 is 48.4 Å². The number of fused-ring (bicyclic) bond motifs is 3. The van der Waals surface area contributed by atoms with E-state index in [0.717, 1.165) is 20.9 Å². The standard InChI is InChI=1S/C10H5BrN2S/c11-7-5-14-10-6(7)4-13-8-2-1-3-12-9(8)10/h1-5H. The lowest BCUT2D eigenvalue weighted by atomic mass is 10.3. The Labute approximate surface area is 92.7 Å². The highest BCUT2D eigenvalue weighted by Gasteiger charge is 2.06. The van der Waals surface area contributed by atoms with Gasteiger partial charge in [-0.2, -0.15) is 0 Å². The van der Waals surface area contributed by atoms with E-state index >= 15 is 0 Å². The summed E-state index contributed by atoms with van der Waals surface area (Å²) < 4.78 is 2.29. The summed E-state index contributed by atoms with van der Waals surface area (Å²) in [5.74, 6) is 0. The maximum atomic E-state index is 4.36. The van der Waals surface area contributed by atoms with Crippen molar-refractivity contribution in [2.24, 2.45) is 0 Å². The summed E-state index contributed by atoms with van der Waals surface area (Å²) >= 11 is 5.19. The van der Waals surface area contributed by atoms with E-state index in [9.17, 15) is 0 Å². The molecule has 0 radical (unpaired) electrons. The predicted octanol–water partition coefficient (Wildman–Crippen LogP) is 3.61. The zero-order valence-electron chi connectivity index (χ0n) is 7.07. The number of halogens is 1. The quantitative estimate of drug-likeness (QED) is 0.620. The lowest BCUT2D eigenvalue weighted by Crippen LogP contribution is -1.81. The monoisotopic (exact) mass is 264 g/mol. The second-order valence-electron chi connectivity index (χ2n) is 2.96. The second-order valence-corrected chi connectivity index (χ2v) is 4.69. The van der Waals surface area contributed by atoms with Gasteiger partial charge in [0.05, 0.1) is 10.2 Å². The van der Waals surface area contributed by atoms with Gasteiger partial charge in [-0.15, -0.1) is 11.3 Å². The van der Waals surface area contributed by atoms with Crippen LogP contribution < -0.4 is 0 Å². The lowest BCUT2D eigenvalue weighted by Gasteiger charge is -1.96. The normalized spacial score (nSPS) is 11.2. The molecule has 2 nitrogen and oxygen atoms in total. The highest BCUT2D eigenvalue weighted by atomic mass is 79.9. The summed E-state index contributed by atoms with van der Waals surface area (Å²) in [5, 5.41) is 3.21. The van der Waals surface area contributed by atoms with Crippen LogP contribution >= 0.6 is 27.3 Å². The van der Waals surface area contributed by atoms with Crippen LogP contribution in [0.3, 0.4) is 0 Å². The van der Waals surface area contributed by atoms with E-state index in [1.165, 1.54) is 4.70 Å². The molecule has 0 fully saturated rings. The van der Waals surface area contributed by atoms with E-state index in [-0.39, 0.29) is 0 Å². The molecule has 0 saturated heterocycles. The lowest BCUT2D eigenvalue weighted by molar-refractivity contribution is 1.37. The number of hydrogen-bond donors (Lipinski definition) is 0. The molecule has 0 bridgehead atoms. The van der Waals surface area contributed by atoms with Crippen LogP contribution in [0.15, 0.2) is 34.4 Å². The molecular weight excluding hydrogens is 260 g/mol. The van der Waals surface area contributed by atoms with Gasteiger partial charge in [0.1, 0.15) is 5.52 Å². The molecule has 3 aromatic rings. The molecule has 0 aromatic carbocycles. The Morgan fingerprint density at radius 1 is 1.29 bits per heavy atom. The first-order valence-electron chi connectivity index (χ1n) is 4.13. The molecule has 3 rings (SSSR count). The van der Waals surface area contributed by atoms with Gasteiger partial charge in [0.2, 0.25) is 0 Å². The van der Waals surface area contributed by atoms with E-state index in [2.05, 4.69) is 31.3 Å². The van der Waals surface area contributed by atoms with E-state index < -0.39 is 0 Å². The molecule has 0 unspecified atom stereocenters. The summed E-state index contributed by atoms with van der Waals surface area (Å²) in [4.78, 5) is 8.71. The Kier molecular flexibility index (Phi) is 1.78. The first kappa shape index (κ1) is 8.32. The number of hydrogen-bond acceptors (Lipinski definition) is 3. The summed E-state index contributed by atoms with van der Waals surface area (Å²) in [6.07, 6.45) is 3.69. The Hall–Kier alpha value is -1.00. The summed E-state index contributed by atoms with van der Waals surface area (Å²) in [5.41, 5.74) is 1.94. The highest BCUT2D eigenvalue weighted by molar-refractivity contribution is 9.10. The first-order chi connectivity index (χ1) is 6.86. The maximum absolute atomic E-state index is 4.36. The Morgan fingerprint density at radius 2 is 2.21 bits per heavy atom. The maximum Gasteiger partial charge on any atom is 0.106 e. The Bertz CT molecular complexity index is 618. The topological polar surface area (TPSA) is 25.8 Å². The van der Waals surface area contributed by atoms with Crippen LogP contribution in [0.25, 0.3) is 21.1 Å². The fourth-order valence-corrected chi connectivity index (χ4v) is 3.08. The molecule has 0 N–H and O–H groups in total. The Balaban J connectivity index is 2.61. The van der Waals surface area contributed by atoms with Crippen LogP contribution in [-0.4, -0.2) is 9.97 Å². The number of rotatable bonds is 0. The molecule has 0 atom stereocenters. The molecular formula is C10H5BrN2S. The SMILES string of the molecule is Brc1csc2c1cnc1cccnc12. The van der Waals surface area contributed by atoms with Gasteiger partial charge in [0.25, 0.3) is 0 Å². The van der Waals surface area contributed by atoms with Gasteiger partial charge in [-0.05, 0) is 28.1 Å². The molecule has 68 valence electrons. The van der Waals surface area contributed by atoms with E-state index in [0.29, 0.717) is 0 Å². The number of pyridine rings is 2. The zero-order chi connectivity index (χ0) is 9.54. The van der Waals surface area contributed by atoms with Crippen LogP contribution in [0.4, 0.5) is 0 Å². The highest BCUT2D eigenvalue weighted by Crippen LogP contribution is 2.33. The summed E-state index contributed by atoms with van der Waals surface area (Å²) in [6.45, 7) is 0.